The minimum Gasteiger partial charge on any atom is -0.497 e. The molecule has 0 bridgehead atoms. The summed E-state index contributed by atoms with van der Waals surface area (Å²) in [6.07, 6.45) is 2.40. The highest BCUT2D eigenvalue weighted by Gasteiger charge is 2.28. The Balaban J connectivity index is 2.15. The van der Waals surface area contributed by atoms with Gasteiger partial charge in [-0.2, -0.15) is 0 Å². The molecule has 2 aromatic rings. The number of fused-ring (bicyclic) bond motifs is 1. The zero-order valence-electron chi connectivity index (χ0n) is 12.1. The van der Waals surface area contributed by atoms with Crippen molar-refractivity contribution in [1.82, 2.24) is 0 Å². The number of carbonyl (C=O) groups is 1. The van der Waals surface area contributed by atoms with Crippen molar-refractivity contribution in [1.29, 1.82) is 0 Å². The zero-order valence-corrected chi connectivity index (χ0v) is 12.1. The fourth-order valence-electron chi connectivity index (χ4n) is 3.29. The first-order valence-electron chi connectivity index (χ1n) is 7.27. The highest BCUT2D eigenvalue weighted by Crippen LogP contribution is 2.40. The van der Waals surface area contributed by atoms with Crippen molar-refractivity contribution >= 4 is 16.6 Å². The molecule has 0 spiro atoms. The third-order valence-electron chi connectivity index (χ3n) is 4.52. The van der Waals surface area contributed by atoms with E-state index in [9.17, 15) is 4.79 Å². The summed E-state index contributed by atoms with van der Waals surface area (Å²) in [6.45, 7) is 2.26. The first kappa shape index (κ1) is 13.2. The maximum absolute atomic E-state index is 11.9. The Labute approximate surface area is 119 Å². The van der Waals surface area contributed by atoms with E-state index in [-0.39, 0.29) is 0 Å². The van der Waals surface area contributed by atoms with Crippen LogP contribution in [0.4, 0.5) is 0 Å². The van der Waals surface area contributed by atoms with Crippen molar-refractivity contribution in [3.05, 3.63) is 42.0 Å². The standard InChI is InChI=1S/C18H20O2/c1-12-7-8-14(19)10-17(12)18-11-15(20-2)9-13-5-3-4-6-16(13)18/h3-6,9,11-12,17H,7-8,10H2,1-2H3. The van der Waals surface area contributed by atoms with Crippen LogP contribution in [-0.4, -0.2) is 12.9 Å². The fraction of sp³-hybridized carbons (Fsp3) is 0.389. The molecule has 0 saturated heterocycles. The molecule has 0 radical (unpaired) electrons. The second kappa shape index (κ2) is 5.28. The molecule has 0 N–H and O–H groups in total. The van der Waals surface area contributed by atoms with Gasteiger partial charge < -0.3 is 4.74 Å². The van der Waals surface area contributed by atoms with Crippen LogP contribution in [0.5, 0.6) is 5.75 Å². The van der Waals surface area contributed by atoms with Crippen molar-refractivity contribution in [2.24, 2.45) is 5.92 Å². The average molecular weight is 268 g/mol. The fourth-order valence-corrected chi connectivity index (χ4v) is 3.29. The summed E-state index contributed by atoms with van der Waals surface area (Å²) >= 11 is 0. The molecule has 2 nitrogen and oxygen atoms in total. The van der Waals surface area contributed by atoms with E-state index in [1.807, 2.05) is 6.07 Å². The van der Waals surface area contributed by atoms with E-state index in [0.717, 1.165) is 18.6 Å². The van der Waals surface area contributed by atoms with E-state index in [2.05, 4.69) is 37.3 Å². The van der Waals surface area contributed by atoms with Crippen LogP contribution in [-0.2, 0) is 4.79 Å². The first-order valence-corrected chi connectivity index (χ1v) is 7.27. The Hall–Kier alpha value is -1.83. The van der Waals surface area contributed by atoms with Gasteiger partial charge in [0.15, 0.2) is 0 Å². The summed E-state index contributed by atoms with van der Waals surface area (Å²) in [5.41, 5.74) is 1.26. The number of carbonyl (C=O) groups excluding carboxylic acids is 1. The normalized spacial score (nSPS) is 23.0. The van der Waals surface area contributed by atoms with Crippen LogP contribution in [0.3, 0.4) is 0 Å². The number of ether oxygens (including phenoxy) is 1. The lowest BCUT2D eigenvalue weighted by atomic mass is 9.74. The average Bonchev–Trinajstić information content (AvgIpc) is 2.48. The maximum Gasteiger partial charge on any atom is 0.133 e. The molecule has 2 aromatic carbocycles. The molecule has 2 unspecified atom stereocenters. The molecule has 0 heterocycles. The Morgan fingerprint density at radius 3 is 2.80 bits per heavy atom. The minimum atomic E-state index is 0.316. The summed E-state index contributed by atoms with van der Waals surface area (Å²) < 4.78 is 5.43. The molecule has 1 saturated carbocycles. The molecule has 0 amide bonds. The lowest BCUT2D eigenvalue weighted by Crippen LogP contribution is -2.21. The van der Waals surface area contributed by atoms with Gasteiger partial charge in [0.25, 0.3) is 0 Å². The van der Waals surface area contributed by atoms with Crippen LogP contribution in [0, 0.1) is 5.92 Å². The molecule has 1 fully saturated rings. The third-order valence-corrected chi connectivity index (χ3v) is 4.52. The summed E-state index contributed by atoms with van der Waals surface area (Å²) in [5.74, 6) is 2.13. The number of Topliss-reactive ketones (excluding diaryl/α,β-unsaturated/α-hetero) is 1. The van der Waals surface area contributed by atoms with Gasteiger partial charge in [0.05, 0.1) is 7.11 Å². The zero-order chi connectivity index (χ0) is 14.1. The molecule has 20 heavy (non-hydrogen) atoms. The van der Waals surface area contributed by atoms with Crippen molar-refractivity contribution in [2.45, 2.75) is 32.1 Å². The van der Waals surface area contributed by atoms with Crippen molar-refractivity contribution < 1.29 is 9.53 Å². The van der Waals surface area contributed by atoms with Crippen molar-refractivity contribution in [3.8, 4) is 5.75 Å². The second-order valence-electron chi connectivity index (χ2n) is 5.80. The topological polar surface area (TPSA) is 26.3 Å². The number of benzene rings is 2. The Morgan fingerprint density at radius 2 is 2.00 bits per heavy atom. The lowest BCUT2D eigenvalue weighted by molar-refractivity contribution is -0.121. The number of hydrogen-bond acceptors (Lipinski definition) is 2. The molecule has 2 heteroatoms. The van der Waals surface area contributed by atoms with Gasteiger partial charge in [-0.3, -0.25) is 4.79 Å². The van der Waals surface area contributed by atoms with Gasteiger partial charge in [0.2, 0.25) is 0 Å². The predicted molar refractivity (Wildman–Crippen MR) is 81.3 cm³/mol. The van der Waals surface area contributed by atoms with Crippen molar-refractivity contribution in [2.75, 3.05) is 7.11 Å². The lowest BCUT2D eigenvalue weighted by Gasteiger charge is -2.29. The van der Waals surface area contributed by atoms with Crippen LogP contribution in [0.15, 0.2) is 36.4 Å². The minimum absolute atomic E-state index is 0.316. The Kier molecular flexibility index (Phi) is 3.47. The molecule has 2 atom stereocenters. The summed E-state index contributed by atoms with van der Waals surface area (Å²) in [6, 6.07) is 12.5. The summed E-state index contributed by atoms with van der Waals surface area (Å²) in [5, 5.41) is 2.44. The molecular weight excluding hydrogens is 248 g/mol. The Morgan fingerprint density at radius 1 is 1.20 bits per heavy atom. The summed E-state index contributed by atoms with van der Waals surface area (Å²) in [4.78, 5) is 11.9. The SMILES string of the molecule is COc1cc(C2CC(=O)CCC2C)c2ccccc2c1. The predicted octanol–water partition coefficient (Wildman–Crippen LogP) is 4.32. The quantitative estimate of drug-likeness (QED) is 0.810. The van der Waals surface area contributed by atoms with Crippen LogP contribution < -0.4 is 4.74 Å². The number of rotatable bonds is 2. The van der Waals surface area contributed by atoms with Crippen LogP contribution >= 0.6 is 0 Å². The van der Waals surface area contributed by atoms with Crippen LogP contribution in [0.25, 0.3) is 10.8 Å². The van der Waals surface area contributed by atoms with Crippen molar-refractivity contribution in [3.63, 3.8) is 0 Å². The number of methoxy groups -OCH3 is 1. The maximum atomic E-state index is 11.9. The van der Waals surface area contributed by atoms with Crippen LogP contribution in [0.2, 0.25) is 0 Å². The smallest absolute Gasteiger partial charge is 0.133 e. The molecule has 3 rings (SSSR count). The molecule has 104 valence electrons. The van der Waals surface area contributed by atoms with E-state index in [1.54, 1.807) is 7.11 Å². The highest BCUT2D eigenvalue weighted by atomic mass is 16.5. The molecule has 0 aliphatic heterocycles. The third kappa shape index (κ3) is 2.31. The number of hydrogen-bond donors (Lipinski definition) is 0. The monoisotopic (exact) mass is 268 g/mol. The van der Waals surface area contributed by atoms with Gasteiger partial charge in [-0.05, 0) is 46.7 Å². The van der Waals surface area contributed by atoms with E-state index < -0.39 is 0 Å². The van der Waals surface area contributed by atoms with Gasteiger partial charge in [0.1, 0.15) is 11.5 Å². The van der Waals surface area contributed by atoms with E-state index in [0.29, 0.717) is 24.0 Å². The van der Waals surface area contributed by atoms with Gasteiger partial charge in [-0.15, -0.1) is 0 Å². The van der Waals surface area contributed by atoms with E-state index >= 15 is 0 Å². The van der Waals surface area contributed by atoms with Gasteiger partial charge >= 0.3 is 0 Å². The molecule has 1 aliphatic rings. The largest absolute Gasteiger partial charge is 0.497 e. The molecule has 0 aromatic heterocycles. The van der Waals surface area contributed by atoms with Gasteiger partial charge in [-0.1, -0.05) is 31.2 Å². The summed E-state index contributed by atoms with van der Waals surface area (Å²) in [7, 11) is 1.70. The van der Waals surface area contributed by atoms with Crippen LogP contribution in [0.1, 0.15) is 37.7 Å². The van der Waals surface area contributed by atoms with Gasteiger partial charge in [-0.25, -0.2) is 0 Å². The second-order valence-corrected chi connectivity index (χ2v) is 5.80. The van der Waals surface area contributed by atoms with Gasteiger partial charge in [0, 0.05) is 12.8 Å². The Bertz CT molecular complexity index is 645. The molecular formula is C18H20O2. The number of ketones is 1. The first-order chi connectivity index (χ1) is 9.69. The van der Waals surface area contributed by atoms with E-state index in [4.69, 9.17) is 4.74 Å². The highest BCUT2D eigenvalue weighted by molar-refractivity contribution is 5.89. The molecule has 1 aliphatic carbocycles. The van der Waals surface area contributed by atoms with E-state index in [1.165, 1.54) is 16.3 Å².